The zero-order chi connectivity index (χ0) is 21.8. The molecule has 2 aromatic rings. The van der Waals surface area contributed by atoms with Crippen molar-refractivity contribution in [1.29, 1.82) is 0 Å². The lowest BCUT2D eigenvalue weighted by atomic mass is 10.0. The van der Waals surface area contributed by atoms with Crippen LogP contribution in [0.5, 0.6) is 11.5 Å². The van der Waals surface area contributed by atoms with Crippen molar-refractivity contribution in [3.8, 4) is 11.5 Å². The summed E-state index contributed by atoms with van der Waals surface area (Å²) in [4.78, 5) is 18.4. The number of aromatic nitrogens is 1. The van der Waals surface area contributed by atoms with Crippen LogP contribution in [0.1, 0.15) is 18.4 Å². The average Bonchev–Trinajstić information content (AvgIpc) is 3.19. The van der Waals surface area contributed by atoms with Gasteiger partial charge in [-0.2, -0.15) is 0 Å². The van der Waals surface area contributed by atoms with Gasteiger partial charge >= 0.3 is 0 Å². The molecule has 1 aromatic carbocycles. The predicted octanol–water partition coefficient (Wildman–Crippen LogP) is 2.03. The number of rotatable bonds is 7. The molecule has 10 heteroatoms. The molecule has 166 valence electrons. The highest BCUT2D eigenvalue weighted by molar-refractivity contribution is 7.91. The second-order valence-corrected chi connectivity index (χ2v) is 10.2. The number of hydrogen-bond donors (Lipinski definition) is 1. The molecule has 1 fully saturated rings. The second-order valence-electron chi connectivity index (χ2n) is 7.78. The smallest absolute Gasteiger partial charge is 0.261 e. The minimum atomic E-state index is -3.42. The summed E-state index contributed by atoms with van der Waals surface area (Å²) in [7, 11) is -3.42. The maximum absolute atomic E-state index is 12.5. The first-order valence-electron chi connectivity index (χ1n) is 10.1. The summed E-state index contributed by atoms with van der Waals surface area (Å²) in [6.07, 6.45) is 4.67. The third-order valence-electron chi connectivity index (χ3n) is 5.37. The maximum Gasteiger partial charge on any atom is 0.261 e. The van der Waals surface area contributed by atoms with Crippen molar-refractivity contribution in [3.63, 3.8) is 0 Å². The molecule has 3 heterocycles. The van der Waals surface area contributed by atoms with Gasteiger partial charge in [-0.1, -0.05) is 11.6 Å². The predicted molar refractivity (Wildman–Crippen MR) is 116 cm³/mol. The topological polar surface area (TPSA) is 97.8 Å². The van der Waals surface area contributed by atoms with E-state index in [1.54, 1.807) is 36.7 Å². The van der Waals surface area contributed by atoms with Gasteiger partial charge < -0.3 is 14.8 Å². The number of likely N-dealkylation sites (tertiary alicyclic amines) is 1. The van der Waals surface area contributed by atoms with Crippen LogP contribution in [-0.4, -0.2) is 61.3 Å². The summed E-state index contributed by atoms with van der Waals surface area (Å²) in [5.74, 6) is 0.512. The van der Waals surface area contributed by atoms with E-state index in [2.05, 4.69) is 10.3 Å². The molecule has 0 spiro atoms. The number of fused-ring (bicyclic) bond motifs is 1. The first kappa shape index (κ1) is 21.9. The highest BCUT2D eigenvalue weighted by Crippen LogP contribution is 2.27. The van der Waals surface area contributed by atoms with Crippen molar-refractivity contribution < 1.29 is 22.7 Å². The average molecular weight is 466 g/mol. The maximum atomic E-state index is 12.5. The number of sulfone groups is 1. The van der Waals surface area contributed by atoms with Crippen LogP contribution < -0.4 is 14.8 Å². The van der Waals surface area contributed by atoms with Crippen LogP contribution in [0.2, 0.25) is 5.02 Å². The third kappa shape index (κ3) is 5.87. The quantitative estimate of drug-likeness (QED) is 0.668. The lowest BCUT2D eigenvalue weighted by molar-refractivity contribution is -0.128. The molecule has 2 aliphatic rings. The Morgan fingerprint density at radius 1 is 1.23 bits per heavy atom. The van der Waals surface area contributed by atoms with Crippen LogP contribution in [0.3, 0.4) is 0 Å². The van der Waals surface area contributed by atoms with Crippen molar-refractivity contribution in [2.45, 2.75) is 31.4 Å². The molecule has 2 aliphatic heterocycles. The summed E-state index contributed by atoms with van der Waals surface area (Å²) in [5.41, 5.74) is 0.982. The summed E-state index contributed by atoms with van der Waals surface area (Å²) < 4.78 is 35.8. The number of nitrogens with one attached hydrogen (secondary N) is 1. The molecule has 0 saturated carbocycles. The van der Waals surface area contributed by atoms with E-state index in [9.17, 15) is 13.2 Å². The Balaban J connectivity index is 1.20. The van der Waals surface area contributed by atoms with Gasteiger partial charge in [0.15, 0.2) is 21.9 Å². The summed E-state index contributed by atoms with van der Waals surface area (Å²) in [6, 6.07) is 8.42. The van der Waals surface area contributed by atoms with Gasteiger partial charge in [0.05, 0.1) is 6.20 Å². The molecule has 31 heavy (non-hydrogen) atoms. The van der Waals surface area contributed by atoms with Crippen LogP contribution in [0, 0.1) is 0 Å². The third-order valence-corrected chi connectivity index (χ3v) is 6.86. The van der Waals surface area contributed by atoms with Crippen LogP contribution in [0.25, 0.3) is 0 Å². The fourth-order valence-electron chi connectivity index (χ4n) is 3.73. The molecule has 1 N–H and O–H groups in total. The van der Waals surface area contributed by atoms with E-state index >= 15 is 0 Å². The van der Waals surface area contributed by atoms with E-state index in [1.807, 2.05) is 11.0 Å². The number of ether oxygens (including phenoxy) is 2. The number of pyridine rings is 1. The minimum absolute atomic E-state index is 0.00205. The second kappa shape index (κ2) is 9.42. The Hall–Kier alpha value is -2.36. The van der Waals surface area contributed by atoms with Crippen molar-refractivity contribution in [1.82, 2.24) is 15.2 Å². The van der Waals surface area contributed by atoms with Gasteiger partial charge in [0, 0.05) is 42.3 Å². The summed E-state index contributed by atoms with van der Waals surface area (Å²) >= 11 is 5.82. The molecule has 4 rings (SSSR count). The normalized spacial score (nSPS) is 19.5. The fraction of sp³-hybridized carbons (Fsp3) is 0.429. The van der Waals surface area contributed by atoms with Gasteiger partial charge in [0.1, 0.15) is 17.4 Å². The lowest BCUT2D eigenvalue weighted by Crippen LogP contribution is -2.49. The Labute approximate surface area is 186 Å². The van der Waals surface area contributed by atoms with Gasteiger partial charge in [-0.3, -0.25) is 14.7 Å². The standard InChI is InChI=1S/C21H24ClN3O5S/c22-16-1-3-18(4-2-16)29-14-31(27,28)13-25-9-6-17(7-10-25)24-21(26)19-11-15-5-8-23-12-20(15)30-19/h1-5,8,12,17,19H,6-7,9-11,13-14H2,(H,24,26). The van der Waals surface area contributed by atoms with Crippen LogP contribution in [0.15, 0.2) is 42.7 Å². The zero-order valence-corrected chi connectivity index (χ0v) is 18.4. The van der Waals surface area contributed by atoms with Crippen LogP contribution >= 0.6 is 11.6 Å². The van der Waals surface area contributed by atoms with Gasteiger partial charge in [0.2, 0.25) is 0 Å². The Morgan fingerprint density at radius 3 is 2.68 bits per heavy atom. The molecule has 1 atom stereocenters. The highest BCUT2D eigenvalue weighted by atomic mass is 35.5. The van der Waals surface area contributed by atoms with Crippen LogP contribution in [-0.2, 0) is 21.1 Å². The Bertz CT molecular complexity index is 999. The molecular weight excluding hydrogens is 442 g/mol. The molecule has 1 amide bonds. The molecule has 0 bridgehead atoms. The number of amides is 1. The molecule has 8 nitrogen and oxygen atoms in total. The lowest BCUT2D eigenvalue weighted by Gasteiger charge is -2.32. The Kier molecular flexibility index (Phi) is 6.64. The highest BCUT2D eigenvalue weighted by Gasteiger charge is 2.31. The SMILES string of the molecule is O=C(NC1CCN(CS(=O)(=O)COc2ccc(Cl)cc2)CC1)C1Cc2ccncc2O1. The van der Waals surface area contributed by atoms with Gasteiger partial charge in [-0.05, 0) is 43.2 Å². The first-order valence-corrected chi connectivity index (χ1v) is 12.3. The van der Waals surface area contributed by atoms with Gasteiger partial charge in [-0.15, -0.1) is 0 Å². The zero-order valence-electron chi connectivity index (χ0n) is 16.9. The van der Waals surface area contributed by atoms with E-state index < -0.39 is 15.9 Å². The molecular formula is C21H24ClN3O5S. The molecule has 1 unspecified atom stereocenters. The monoisotopic (exact) mass is 465 g/mol. The van der Waals surface area contributed by atoms with E-state index in [0.717, 1.165) is 5.56 Å². The number of carbonyl (C=O) groups is 1. The van der Waals surface area contributed by atoms with E-state index in [-0.39, 0.29) is 23.8 Å². The van der Waals surface area contributed by atoms with Crippen molar-refractivity contribution in [3.05, 3.63) is 53.3 Å². The van der Waals surface area contributed by atoms with Crippen molar-refractivity contribution in [2.24, 2.45) is 0 Å². The molecule has 1 saturated heterocycles. The number of piperidine rings is 1. The van der Waals surface area contributed by atoms with E-state index in [1.165, 1.54) is 0 Å². The number of benzene rings is 1. The summed E-state index contributed by atoms with van der Waals surface area (Å²) in [5, 5.41) is 3.60. The minimum Gasteiger partial charge on any atom is -0.478 e. The molecule has 0 radical (unpaired) electrons. The molecule has 1 aromatic heterocycles. The largest absolute Gasteiger partial charge is 0.478 e. The number of hydrogen-bond acceptors (Lipinski definition) is 7. The summed E-state index contributed by atoms with van der Waals surface area (Å²) in [6.45, 7) is 1.17. The van der Waals surface area contributed by atoms with Crippen molar-refractivity contribution >= 4 is 27.3 Å². The van der Waals surface area contributed by atoms with Crippen molar-refractivity contribution in [2.75, 3.05) is 24.9 Å². The Morgan fingerprint density at radius 2 is 1.97 bits per heavy atom. The van der Waals surface area contributed by atoms with E-state index in [0.29, 0.717) is 48.9 Å². The fourth-order valence-corrected chi connectivity index (χ4v) is 5.06. The van der Waals surface area contributed by atoms with Gasteiger partial charge in [-0.25, -0.2) is 8.42 Å². The number of nitrogens with zero attached hydrogens (tertiary/aromatic N) is 2. The van der Waals surface area contributed by atoms with E-state index in [4.69, 9.17) is 21.1 Å². The number of halogens is 1. The number of carbonyl (C=O) groups excluding carboxylic acids is 1. The first-order chi connectivity index (χ1) is 14.9. The van der Waals surface area contributed by atoms with Gasteiger partial charge in [0.25, 0.3) is 5.91 Å². The molecule has 0 aliphatic carbocycles. The van der Waals surface area contributed by atoms with Crippen LogP contribution in [0.4, 0.5) is 0 Å².